The van der Waals surface area contributed by atoms with Crippen LogP contribution in [0, 0.1) is 0 Å². The summed E-state index contributed by atoms with van der Waals surface area (Å²) >= 11 is 6.86. The third-order valence-electron chi connectivity index (χ3n) is 3.73. The van der Waals surface area contributed by atoms with Crippen LogP contribution in [0.5, 0.6) is 0 Å². The molecule has 21 heavy (non-hydrogen) atoms. The molecule has 1 saturated heterocycles. The molecule has 0 aliphatic carbocycles. The standard InChI is InChI=1S/C15H21N3OS2/c1-10-9-21-8-7-18(10)11(2)15(19)17-13-5-3-12(4-6-13)14(16)20/h3-6,10-11H,7-9H2,1-2H3,(H2,16,20)(H,17,19). The largest absolute Gasteiger partial charge is 0.389 e. The summed E-state index contributed by atoms with van der Waals surface area (Å²) in [7, 11) is 0. The van der Waals surface area contributed by atoms with Gasteiger partial charge in [0.25, 0.3) is 0 Å². The van der Waals surface area contributed by atoms with E-state index in [0.717, 1.165) is 29.3 Å². The van der Waals surface area contributed by atoms with E-state index >= 15 is 0 Å². The Morgan fingerprint density at radius 1 is 1.48 bits per heavy atom. The van der Waals surface area contributed by atoms with E-state index in [1.54, 1.807) is 0 Å². The van der Waals surface area contributed by atoms with Crippen molar-refractivity contribution in [2.75, 3.05) is 23.4 Å². The summed E-state index contributed by atoms with van der Waals surface area (Å²) in [5.41, 5.74) is 7.13. The molecule has 114 valence electrons. The Morgan fingerprint density at radius 2 is 2.14 bits per heavy atom. The number of hydrogen-bond donors (Lipinski definition) is 2. The number of nitrogens with one attached hydrogen (secondary N) is 1. The lowest BCUT2D eigenvalue weighted by atomic mass is 10.1. The van der Waals surface area contributed by atoms with Crippen LogP contribution in [0.1, 0.15) is 19.4 Å². The molecule has 0 bridgehead atoms. The van der Waals surface area contributed by atoms with E-state index in [4.69, 9.17) is 18.0 Å². The predicted octanol–water partition coefficient (Wildman–Crippen LogP) is 2.09. The Kier molecular flexibility index (Phi) is 5.61. The second kappa shape index (κ2) is 7.24. The Balaban J connectivity index is 1.98. The fourth-order valence-electron chi connectivity index (χ4n) is 2.43. The normalized spacial score (nSPS) is 20.8. The number of hydrogen-bond acceptors (Lipinski definition) is 4. The molecule has 6 heteroatoms. The number of benzene rings is 1. The number of carbonyl (C=O) groups is 1. The average molecular weight is 323 g/mol. The minimum absolute atomic E-state index is 0.0248. The van der Waals surface area contributed by atoms with Gasteiger partial charge >= 0.3 is 0 Å². The summed E-state index contributed by atoms with van der Waals surface area (Å²) in [5, 5.41) is 2.95. The number of carbonyl (C=O) groups excluding carboxylic acids is 1. The maximum atomic E-state index is 12.4. The van der Waals surface area contributed by atoms with Crippen molar-refractivity contribution in [3.63, 3.8) is 0 Å². The minimum Gasteiger partial charge on any atom is -0.389 e. The SMILES string of the molecule is CC1CSCCN1C(C)C(=O)Nc1ccc(C(N)=S)cc1. The van der Waals surface area contributed by atoms with Gasteiger partial charge in [0.2, 0.25) is 5.91 Å². The van der Waals surface area contributed by atoms with Crippen molar-refractivity contribution in [2.24, 2.45) is 5.73 Å². The zero-order valence-electron chi connectivity index (χ0n) is 12.3. The van der Waals surface area contributed by atoms with Gasteiger partial charge in [0.15, 0.2) is 0 Å². The zero-order chi connectivity index (χ0) is 15.4. The maximum absolute atomic E-state index is 12.4. The molecular weight excluding hydrogens is 302 g/mol. The van der Waals surface area contributed by atoms with Crippen molar-refractivity contribution >= 4 is 40.6 Å². The first-order valence-electron chi connectivity index (χ1n) is 7.03. The summed E-state index contributed by atoms with van der Waals surface area (Å²) < 4.78 is 0. The van der Waals surface area contributed by atoms with Crippen LogP contribution in [0.25, 0.3) is 0 Å². The number of nitrogens with zero attached hydrogens (tertiary/aromatic N) is 1. The van der Waals surface area contributed by atoms with Gasteiger partial charge in [0.05, 0.1) is 6.04 Å². The molecule has 0 aromatic heterocycles. The lowest BCUT2D eigenvalue weighted by Gasteiger charge is -2.36. The first-order valence-corrected chi connectivity index (χ1v) is 8.59. The predicted molar refractivity (Wildman–Crippen MR) is 93.9 cm³/mol. The molecule has 2 atom stereocenters. The van der Waals surface area contributed by atoms with Gasteiger partial charge < -0.3 is 11.1 Å². The minimum atomic E-state index is -0.129. The first-order chi connectivity index (χ1) is 9.99. The zero-order valence-corrected chi connectivity index (χ0v) is 14.0. The van der Waals surface area contributed by atoms with Crippen LogP contribution >= 0.6 is 24.0 Å². The second-order valence-corrected chi connectivity index (χ2v) is 6.86. The maximum Gasteiger partial charge on any atom is 0.241 e. The molecular formula is C15H21N3OS2. The summed E-state index contributed by atoms with van der Waals surface area (Å²) in [6.07, 6.45) is 0. The van der Waals surface area contributed by atoms with E-state index in [1.165, 1.54) is 0 Å². The van der Waals surface area contributed by atoms with Gasteiger partial charge in [-0.3, -0.25) is 9.69 Å². The highest BCUT2D eigenvalue weighted by Gasteiger charge is 2.27. The van der Waals surface area contributed by atoms with Gasteiger partial charge in [0, 0.05) is 35.3 Å². The summed E-state index contributed by atoms with van der Waals surface area (Å²) in [6.45, 7) is 5.10. The lowest BCUT2D eigenvalue weighted by Crippen LogP contribution is -2.50. The molecule has 1 aliphatic rings. The van der Waals surface area contributed by atoms with Crippen molar-refractivity contribution in [2.45, 2.75) is 25.9 Å². The molecule has 1 aromatic rings. The van der Waals surface area contributed by atoms with E-state index in [-0.39, 0.29) is 11.9 Å². The number of anilines is 1. The first kappa shape index (κ1) is 16.3. The molecule has 1 fully saturated rings. The van der Waals surface area contributed by atoms with Crippen LogP contribution in [-0.4, -0.2) is 45.9 Å². The third-order valence-corrected chi connectivity index (χ3v) is 5.16. The number of amides is 1. The van der Waals surface area contributed by atoms with Crippen LogP contribution in [0.3, 0.4) is 0 Å². The van der Waals surface area contributed by atoms with E-state index in [2.05, 4.69) is 17.1 Å². The number of thioether (sulfide) groups is 1. The summed E-state index contributed by atoms with van der Waals surface area (Å²) in [5.74, 6) is 2.20. The van der Waals surface area contributed by atoms with Gasteiger partial charge in [-0.1, -0.05) is 12.2 Å². The van der Waals surface area contributed by atoms with Crippen LogP contribution in [0.15, 0.2) is 24.3 Å². The third kappa shape index (κ3) is 4.18. The van der Waals surface area contributed by atoms with Crippen LogP contribution < -0.4 is 11.1 Å². The Hall–Kier alpha value is -1.11. The molecule has 2 unspecified atom stereocenters. The fourth-order valence-corrected chi connectivity index (χ4v) is 3.61. The van der Waals surface area contributed by atoms with Crippen molar-refractivity contribution in [1.29, 1.82) is 0 Å². The van der Waals surface area contributed by atoms with Crippen molar-refractivity contribution in [1.82, 2.24) is 4.90 Å². The molecule has 0 radical (unpaired) electrons. The summed E-state index contributed by atoms with van der Waals surface area (Å²) in [4.78, 5) is 15.0. The molecule has 1 aliphatic heterocycles. The van der Waals surface area contributed by atoms with Gasteiger partial charge in [-0.05, 0) is 38.1 Å². The van der Waals surface area contributed by atoms with Gasteiger partial charge in [0.1, 0.15) is 4.99 Å². The highest BCUT2D eigenvalue weighted by molar-refractivity contribution is 7.99. The molecule has 4 nitrogen and oxygen atoms in total. The monoisotopic (exact) mass is 323 g/mol. The van der Waals surface area contributed by atoms with E-state index < -0.39 is 0 Å². The number of nitrogens with two attached hydrogens (primary N) is 1. The molecule has 3 N–H and O–H groups in total. The topological polar surface area (TPSA) is 58.4 Å². The Bertz CT molecular complexity index is 518. The van der Waals surface area contributed by atoms with Crippen molar-refractivity contribution in [3.8, 4) is 0 Å². The Morgan fingerprint density at radius 3 is 2.71 bits per heavy atom. The number of thiocarbonyl (C=S) groups is 1. The average Bonchev–Trinajstić information content (AvgIpc) is 2.47. The van der Waals surface area contributed by atoms with Crippen molar-refractivity contribution < 1.29 is 4.79 Å². The van der Waals surface area contributed by atoms with Crippen LogP contribution in [0.4, 0.5) is 5.69 Å². The van der Waals surface area contributed by atoms with E-state index in [9.17, 15) is 4.79 Å². The van der Waals surface area contributed by atoms with E-state index in [0.29, 0.717) is 11.0 Å². The van der Waals surface area contributed by atoms with Gasteiger partial charge in [-0.2, -0.15) is 11.8 Å². The summed E-state index contributed by atoms with van der Waals surface area (Å²) in [6, 6.07) is 7.60. The Labute approximate surface area is 135 Å². The smallest absolute Gasteiger partial charge is 0.241 e. The highest BCUT2D eigenvalue weighted by atomic mass is 32.2. The molecule has 2 rings (SSSR count). The quantitative estimate of drug-likeness (QED) is 0.831. The van der Waals surface area contributed by atoms with Crippen LogP contribution in [-0.2, 0) is 4.79 Å². The molecule has 1 heterocycles. The number of rotatable bonds is 4. The van der Waals surface area contributed by atoms with Gasteiger partial charge in [-0.15, -0.1) is 0 Å². The molecule has 0 spiro atoms. The van der Waals surface area contributed by atoms with Gasteiger partial charge in [-0.25, -0.2) is 0 Å². The molecule has 1 aromatic carbocycles. The van der Waals surface area contributed by atoms with E-state index in [1.807, 2.05) is 43.0 Å². The van der Waals surface area contributed by atoms with Crippen LogP contribution in [0.2, 0.25) is 0 Å². The highest BCUT2D eigenvalue weighted by Crippen LogP contribution is 2.19. The second-order valence-electron chi connectivity index (χ2n) is 5.27. The lowest BCUT2D eigenvalue weighted by molar-refractivity contribution is -0.121. The fraction of sp³-hybridized carbons (Fsp3) is 0.467. The molecule has 1 amide bonds. The molecule has 0 saturated carbocycles. The van der Waals surface area contributed by atoms with Crippen molar-refractivity contribution in [3.05, 3.63) is 29.8 Å².